The number of nitrogens with one attached hydrogen (secondary N) is 2. The highest BCUT2D eigenvalue weighted by molar-refractivity contribution is 7.17. The minimum absolute atomic E-state index is 0.0353. The predicted octanol–water partition coefficient (Wildman–Crippen LogP) is 3.17. The zero-order valence-corrected chi connectivity index (χ0v) is 18.7. The quantitative estimate of drug-likeness (QED) is 0.492. The normalized spacial score (nSPS) is 15.3. The largest absolute Gasteiger partial charge is 0.361 e. The average Bonchev–Trinajstić information content (AvgIpc) is 3.45. The van der Waals surface area contributed by atoms with Crippen LogP contribution in [0.15, 0.2) is 54.2 Å². The van der Waals surface area contributed by atoms with Crippen molar-refractivity contribution in [1.29, 1.82) is 0 Å². The topological polar surface area (TPSA) is 81.3 Å². The lowest BCUT2D eigenvalue weighted by Crippen LogP contribution is -2.55. The molecule has 0 aliphatic carbocycles. The monoisotopic (exact) mass is 447 g/mol. The molecule has 164 valence electrons. The molecule has 7 nitrogen and oxygen atoms in total. The van der Waals surface area contributed by atoms with Gasteiger partial charge >= 0.3 is 0 Å². The first-order valence-corrected chi connectivity index (χ1v) is 11.7. The Balaban J connectivity index is 1.30. The summed E-state index contributed by atoms with van der Waals surface area (Å²) in [5, 5.41) is 7.20. The third-order valence-electron chi connectivity index (χ3n) is 6.02. The Hall–Kier alpha value is -3.39. The first-order valence-electron chi connectivity index (χ1n) is 10.8. The average molecular weight is 448 g/mol. The smallest absolute Gasteiger partial charge is 0.245 e. The zero-order chi connectivity index (χ0) is 22.1. The van der Waals surface area contributed by atoms with Gasteiger partial charge < -0.3 is 20.1 Å². The molecule has 1 aliphatic rings. The number of carbonyl (C=O) groups excluding carboxylic acids is 2. The maximum Gasteiger partial charge on any atom is 0.245 e. The zero-order valence-electron chi connectivity index (χ0n) is 17.9. The molecule has 32 heavy (non-hydrogen) atoms. The van der Waals surface area contributed by atoms with E-state index in [1.54, 1.807) is 11.3 Å². The van der Waals surface area contributed by atoms with E-state index in [2.05, 4.69) is 31.6 Å². The molecule has 8 heteroatoms. The van der Waals surface area contributed by atoms with Crippen LogP contribution in [0, 0.1) is 0 Å². The summed E-state index contributed by atoms with van der Waals surface area (Å²) in [6, 6.07) is 11.6. The fourth-order valence-electron chi connectivity index (χ4n) is 4.46. The summed E-state index contributed by atoms with van der Waals surface area (Å²) in [5.74, 6) is 0.745. The molecule has 1 aromatic carbocycles. The number of piperazine rings is 1. The molecule has 3 aromatic heterocycles. The van der Waals surface area contributed by atoms with Crippen molar-refractivity contribution in [3.05, 3.63) is 59.7 Å². The number of rotatable bonds is 5. The van der Waals surface area contributed by atoms with Gasteiger partial charge in [0.25, 0.3) is 0 Å². The predicted molar refractivity (Wildman–Crippen MR) is 128 cm³/mol. The van der Waals surface area contributed by atoms with Gasteiger partial charge in [-0.1, -0.05) is 18.2 Å². The van der Waals surface area contributed by atoms with Crippen molar-refractivity contribution in [1.82, 2.24) is 20.2 Å². The molecule has 1 saturated heterocycles. The Morgan fingerprint density at radius 2 is 1.94 bits per heavy atom. The number of hydrogen-bond acceptors (Lipinski definition) is 5. The lowest BCUT2D eigenvalue weighted by Gasteiger charge is -2.37. The van der Waals surface area contributed by atoms with Crippen LogP contribution in [-0.2, 0) is 16.0 Å². The van der Waals surface area contributed by atoms with E-state index >= 15 is 0 Å². The second-order valence-electron chi connectivity index (χ2n) is 8.10. The highest BCUT2D eigenvalue weighted by atomic mass is 32.1. The van der Waals surface area contributed by atoms with Gasteiger partial charge in [0.05, 0.1) is 0 Å². The minimum atomic E-state index is -0.586. The Labute approximate surface area is 190 Å². The fourth-order valence-corrected chi connectivity index (χ4v) is 5.23. The summed E-state index contributed by atoms with van der Waals surface area (Å²) in [6.07, 6.45) is 4.23. The molecule has 1 fully saturated rings. The van der Waals surface area contributed by atoms with Gasteiger partial charge in [0.2, 0.25) is 11.8 Å². The molecule has 2 amide bonds. The number of thiophene rings is 1. The lowest BCUT2D eigenvalue weighted by atomic mass is 10.0. The maximum absolute atomic E-state index is 13.4. The van der Waals surface area contributed by atoms with Crippen LogP contribution in [0.25, 0.3) is 21.0 Å². The van der Waals surface area contributed by atoms with E-state index < -0.39 is 6.04 Å². The van der Waals surface area contributed by atoms with Gasteiger partial charge in [-0.3, -0.25) is 9.59 Å². The number of para-hydroxylation sites is 1. The number of carbonyl (C=O) groups is 2. The molecule has 2 N–H and O–H groups in total. The van der Waals surface area contributed by atoms with Gasteiger partial charge in [-0.25, -0.2) is 4.98 Å². The maximum atomic E-state index is 13.4. The number of anilines is 1. The van der Waals surface area contributed by atoms with Gasteiger partial charge in [-0.15, -0.1) is 11.3 Å². The summed E-state index contributed by atoms with van der Waals surface area (Å²) in [7, 11) is 0. The first kappa shape index (κ1) is 20.5. The van der Waals surface area contributed by atoms with Gasteiger partial charge in [0, 0.05) is 72.9 Å². The number of amides is 2. The number of benzene rings is 1. The Morgan fingerprint density at radius 3 is 2.75 bits per heavy atom. The summed E-state index contributed by atoms with van der Waals surface area (Å²) in [5.41, 5.74) is 2.06. The third kappa shape index (κ3) is 3.93. The van der Waals surface area contributed by atoms with Crippen LogP contribution in [0.1, 0.15) is 12.5 Å². The molecule has 1 aliphatic heterocycles. The van der Waals surface area contributed by atoms with Crippen LogP contribution in [-0.4, -0.2) is 58.9 Å². The van der Waals surface area contributed by atoms with Gasteiger partial charge in [-0.2, -0.15) is 0 Å². The van der Waals surface area contributed by atoms with E-state index in [4.69, 9.17) is 0 Å². The molecule has 4 aromatic rings. The van der Waals surface area contributed by atoms with Gasteiger partial charge in [0.1, 0.15) is 11.9 Å². The van der Waals surface area contributed by atoms with Crippen molar-refractivity contribution < 1.29 is 9.59 Å². The highest BCUT2D eigenvalue weighted by Crippen LogP contribution is 2.29. The van der Waals surface area contributed by atoms with Crippen molar-refractivity contribution in [2.75, 3.05) is 31.1 Å². The number of hydrogen-bond donors (Lipinski definition) is 2. The van der Waals surface area contributed by atoms with Crippen molar-refractivity contribution in [2.24, 2.45) is 0 Å². The molecule has 5 rings (SSSR count). The summed E-state index contributed by atoms with van der Waals surface area (Å²) < 4.78 is 1.22. The van der Waals surface area contributed by atoms with E-state index in [0.717, 1.165) is 27.7 Å². The van der Waals surface area contributed by atoms with E-state index in [9.17, 15) is 9.59 Å². The van der Waals surface area contributed by atoms with Crippen LogP contribution in [0.4, 0.5) is 5.82 Å². The Kier molecular flexibility index (Phi) is 5.53. The number of fused-ring (bicyclic) bond motifs is 2. The lowest BCUT2D eigenvalue weighted by molar-refractivity contribution is -0.136. The van der Waals surface area contributed by atoms with Crippen molar-refractivity contribution in [3.63, 3.8) is 0 Å². The van der Waals surface area contributed by atoms with Crippen LogP contribution in [0.3, 0.4) is 0 Å². The fraction of sp³-hybridized carbons (Fsp3) is 0.292. The van der Waals surface area contributed by atoms with Crippen LogP contribution in [0.5, 0.6) is 0 Å². The molecule has 0 bridgehead atoms. The third-order valence-corrected chi connectivity index (χ3v) is 6.91. The summed E-state index contributed by atoms with van der Waals surface area (Å²) >= 11 is 1.71. The van der Waals surface area contributed by atoms with Gasteiger partial charge in [-0.05, 0) is 29.1 Å². The number of H-pyrrole nitrogens is 1. The number of aromatic nitrogens is 2. The van der Waals surface area contributed by atoms with Gasteiger partial charge in [0.15, 0.2) is 0 Å². The number of aromatic amines is 1. The van der Waals surface area contributed by atoms with E-state index in [-0.39, 0.29) is 11.8 Å². The molecule has 1 atom stereocenters. The van der Waals surface area contributed by atoms with E-state index in [0.29, 0.717) is 32.6 Å². The van der Waals surface area contributed by atoms with Crippen molar-refractivity contribution >= 4 is 50.0 Å². The summed E-state index contributed by atoms with van der Waals surface area (Å²) in [6.45, 7) is 4.10. The SMILES string of the molecule is CC(=O)NC(Cc1c[nH]c2ccccc12)C(=O)N1CCN(c2nccc3sccc23)CC1. The molecule has 0 radical (unpaired) electrons. The van der Waals surface area contributed by atoms with Crippen LogP contribution < -0.4 is 10.2 Å². The Morgan fingerprint density at radius 1 is 1.12 bits per heavy atom. The minimum Gasteiger partial charge on any atom is -0.361 e. The number of nitrogens with zero attached hydrogens (tertiary/aromatic N) is 3. The molecule has 0 spiro atoms. The second kappa shape index (κ2) is 8.63. The highest BCUT2D eigenvalue weighted by Gasteiger charge is 2.29. The van der Waals surface area contributed by atoms with Crippen LogP contribution >= 0.6 is 11.3 Å². The summed E-state index contributed by atoms with van der Waals surface area (Å²) in [4.78, 5) is 37.2. The molecular formula is C24H25N5O2S. The molecule has 4 heterocycles. The first-order chi connectivity index (χ1) is 15.6. The molecular weight excluding hydrogens is 422 g/mol. The molecule has 1 unspecified atom stereocenters. The van der Waals surface area contributed by atoms with E-state index in [1.807, 2.05) is 47.6 Å². The van der Waals surface area contributed by atoms with Crippen LogP contribution in [0.2, 0.25) is 0 Å². The standard InChI is InChI=1S/C24H25N5O2S/c1-16(30)27-21(14-17-15-26-20-5-3-2-4-18(17)20)24(31)29-11-9-28(10-12-29)23-19-7-13-32-22(19)6-8-25-23/h2-8,13,15,21,26H,9-12,14H2,1H3,(H,27,30). The van der Waals surface area contributed by atoms with E-state index in [1.165, 1.54) is 11.6 Å². The van der Waals surface area contributed by atoms with Crippen molar-refractivity contribution in [3.8, 4) is 0 Å². The second-order valence-corrected chi connectivity index (χ2v) is 9.04. The number of pyridine rings is 1. The van der Waals surface area contributed by atoms with Crippen molar-refractivity contribution in [2.45, 2.75) is 19.4 Å². The molecule has 0 saturated carbocycles. The Bertz CT molecular complexity index is 1270.